The molecule has 3 aromatic rings. The molecule has 6 heteroatoms. The molecule has 1 aliphatic rings. The van der Waals surface area contributed by atoms with Crippen molar-refractivity contribution < 1.29 is 9.53 Å². The quantitative estimate of drug-likeness (QED) is 0.753. The van der Waals surface area contributed by atoms with Gasteiger partial charge in [-0.25, -0.2) is 4.98 Å². The van der Waals surface area contributed by atoms with Gasteiger partial charge in [0.05, 0.1) is 11.3 Å². The number of nitrogens with one attached hydrogen (secondary N) is 1. The SMILES string of the molecule is CC(C)(C)c1cc(NC(=O)C2=Cc3ccccc3OC2)n(-c2ccccn2)n1. The number of pyridine rings is 1. The lowest BCUT2D eigenvalue weighted by atomic mass is 9.92. The van der Waals surface area contributed by atoms with E-state index in [1.54, 1.807) is 10.9 Å². The van der Waals surface area contributed by atoms with E-state index in [0.717, 1.165) is 17.0 Å². The highest BCUT2D eigenvalue weighted by molar-refractivity contribution is 6.07. The molecule has 28 heavy (non-hydrogen) atoms. The molecule has 3 heterocycles. The molecule has 0 bridgehead atoms. The normalized spacial score (nSPS) is 13.3. The molecule has 1 N–H and O–H groups in total. The molecule has 0 unspecified atom stereocenters. The van der Waals surface area contributed by atoms with Gasteiger partial charge in [0, 0.05) is 23.2 Å². The van der Waals surface area contributed by atoms with E-state index in [0.29, 0.717) is 17.2 Å². The summed E-state index contributed by atoms with van der Waals surface area (Å²) in [6.07, 6.45) is 3.56. The number of hydrogen-bond donors (Lipinski definition) is 1. The van der Waals surface area contributed by atoms with Gasteiger partial charge in [-0.3, -0.25) is 4.79 Å². The topological polar surface area (TPSA) is 69.0 Å². The van der Waals surface area contributed by atoms with Gasteiger partial charge in [0.1, 0.15) is 18.2 Å². The summed E-state index contributed by atoms with van der Waals surface area (Å²) in [5.41, 5.74) is 2.16. The predicted molar refractivity (Wildman–Crippen MR) is 109 cm³/mol. The number of ether oxygens (including phenoxy) is 1. The number of benzene rings is 1. The van der Waals surface area contributed by atoms with Crippen molar-refractivity contribution >= 4 is 17.8 Å². The average molecular weight is 374 g/mol. The Kier molecular flexibility index (Phi) is 4.47. The molecule has 0 atom stereocenters. The van der Waals surface area contributed by atoms with E-state index in [-0.39, 0.29) is 17.9 Å². The van der Waals surface area contributed by atoms with E-state index >= 15 is 0 Å². The number of amides is 1. The Morgan fingerprint density at radius 3 is 2.68 bits per heavy atom. The van der Waals surface area contributed by atoms with Crippen molar-refractivity contribution in [1.29, 1.82) is 0 Å². The van der Waals surface area contributed by atoms with Crippen molar-refractivity contribution in [2.75, 3.05) is 11.9 Å². The minimum atomic E-state index is -0.216. The first-order valence-electron chi connectivity index (χ1n) is 9.17. The minimum Gasteiger partial charge on any atom is -0.488 e. The van der Waals surface area contributed by atoms with Crippen LogP contribution in [0, 0.1) is 0 Å². The van der Waals surface area contributed by atoms with Gasteiger partial charge in [-0.2, -0.15) is 9.78 Å². The summed E-state index contributed by atoms with van der Waals surface area (Å²) < 4.78 is 7.37. The second-order valence-electron chi connectivity index (χ2n) is 7.71. The Balaban J connectivity index is 1.67. The van der Waals surface area contributed by atoms with Crippen molar-refractivity contribution in [2.45, 2.75) is 26.2 Å². The van der Waals surface area contributed by atoms with E-state index < -0.39 is 0 Å². The second kappa shape index (κ2) is 6.96. The first-order valence-corrected chi connectivity index (χ1v) is 9.17. The predicted octanol–water partition coefficient (Wildman–Crippen LogP) is 3.98. The van der Waals surface area contributed by atoms with E-state index in [4.69, 9.17) is 4.74 Å². The van der Waals surface area contributed by atoms with Gasteiger partial charge >= 0.3 is 0 Å². The standard InChI is InChI=1S/C22H22N4O2/c1-22(2,3)18-13-20(26(25-18)19-10-6-7-11-23-19)24-21(27)16-12-15-8-4-5-9-17(15)28-14-16/h4-13H,14H2,1-3H3,(H,24,27). The highest BCUT2D eigenvalue weighted by atomic mass is 16.5. The lowest BCUT2D eigenvalue weighted by molar-refractivity contribution is -0.113. The van der Waals surface area contributed by atoms with Crippen LogP contribution in [0.1, 0.15) is 32.0 Å². The summed E-state index contributed by atoms with van der Waals surface area (Å²) in [5.74, 6) is 1.79. The number of para-hydroxylation sites is 1. The average Bonchev–Trinajstić information content (AvgIpc) is 3.12. The fraction of sp³-hybridized carbons (Fsp3) is 0.227. The van der Waals surface area contributed by atoms with Crippen LogP contribution in [-0.4, -0.2) is 27.3 Å². The van der Waals surface area contributed by atoms with Gasteiger partial charge in [-0.1, -0.05) is 45.0 Å². The molecule has 4 rings (SSSR count). The molecule has 2 aromatic heterocycles. The molecule has 0 saturated heterocycles. The smallest absolute Gasteiger partial charge is 0.256 e. The molecule has 1 amide bonds. The van der Waals surface area contributed by atoms with Crippen LogP contribution in [0.4, 0.5) is 5.82 Å². The first-order chi connectivity index (χ1) is 13.4. The Hall–Kier alpha value is -3.41. The van der Waals surface area contributed by atoms with Crippen molar-refractivity contribution in [1.82, 2.24) is 14.8 Å². The van der Waals surface area contributed by atoms with Crippen LogP contribution in [0.5, 0.6) is 5.75 Å². The summed E-state index contributed by atoms with van der Waals surface area (Å²) in [7, 11) is 0. The Morgan fingerprint density at radius 1 is 1.14 bits per heavy atom. The van der Waals surface area contributed by atoms with E-state index in [2.05, 4.69) is 36.2 Å². The van der Waals surface area contributed by atoms with Crippen LogP contribution in [-0.2, 0) is 10.2 Å². The van der Waals surface area contributed by atoms with Crippen LogP contribution < -0.4 is 10.1 Å². The zero-order valence-electron chi connectivity index (χ0n) is 16.1. The third-order valence-electron chi connectivity index (χ3n) is 4.51. The molecule has 142 valence electrons. The van der Waals surface area contributed by atoms with E-state index in [9.17, 15) is 4.79 Å². The van der Waals surface area contributed by atoms with Crippen LogP contribution in [0.15, 0.2) is 60.3 Å². The molecule has 6 nitrogen and oxygen atoms in total. The summed E-state index contributed by atoms with van der Waals surface area (Å²) in [4.78, 5) is 17.3. The molecule has 0 saturated carbocycles. The largest absolute Gasteiger partial charge is 0.488 e. The van der Waals surface area contributed by atoms with Crippen LogP contribution >= 0.6 is 0 Å². The fourth-order valence-corrected chi connectivity index (χ4v) is 2.93. The number of nitrogens with zero attached hydrogens (tertiary/aromatic N) is 3. The van der Waals surface area contributed by atoms with Crippen molar-refractivity contribution in [3.05, 3.63) is 71.6 Å². The lowest BCUT2D eigenvalue weighted by Crippen LogP contribution is -2.22. The third kappa shape index (κ3) is 3.53. The highest BCUT2D eigenvalue weighted by Gasteiger charge is 2.23. The summed E-state index contributed by atoms with van der Waals surface area (Å²) in [5, 5.41) is 7.65. The monoisotopic (exact) mass is 374 g/mol. The zero-order valence-corrected chi connectivity index (χ0v) is 16.1. The van der Waals surface area contributed by atoms with Crippen molar-refractivity contribution in [3.63, 3.8) is 0 Å². The molecule has 1 aliphatic heterocycles. The van der Waals surface area contributed by atoms with Gasteiger partial charge < -0.3 is 10.1 Å². The Labute approximate surface area is 163 Å². The Bertz CT molecular complexity index is 1050. The maximum atomic E-state index is 12.9. The summed E-state index contributed by atoms with van der Waals surface area (Å²) >= 11 is 0. The van der Waals surface area contributed by atoms with Gasteiger partial charge in [-0.15, -0.1) is 0 Å². The molecule has 0 aliphatic carbocycles. The van der Waals surface area contributed by atoms with Gasteiger partial charge in [-0.05, 0) is 24.3 Å². The van der Waals surface area contributed by atoms with Gasteiger partial charge in [0.15, 0.2) is 5.82 Å². The zero-order chi connectivity index (χ0) is 19.7. The second-order valence-corrected chi connectivity index (χ2v) is 7.71. The fourth-order valence-electron chi connectivity index (χ4n) is 2.93. The number of rotatable bonds is 3. The van der Waals surface area contributed by atoms with Crippen molar-refractivity contribution in [3.8, 4) is 11.6 Å². The molecule has 0 spiro atoms. The lowest BCUT2D eigenvalue weighted by Gasteiger charge is -2.17. The summed E-state index contributed by atoms with van der Waals surface area (Å²) in [6.45, 7) is 6.47. The van der Waals surface area contributed by atoms with E-state index in [1.807, 2.05) is 54.6 Å². The molecular formula is C22H22N4O2. The first kappa shape index (κ1) is 18.0. The van der Waals surface area contributed by atoms with Crippen LogP contribution in [0.3, 0.4) is 0 Å². The number of anilines is 1. The third-order valence-corrected chi connectivity index (χ3v) is 4.51. The van der Waals surface area contributed by atoms with Crippen LogP contribution in [0.25, 0.3) is 11.9 Å². The molecule has 0 fully saturated rings. The maximum Gasteiger partial charge on any atom is 0.256 e. The highest BCUT2D eigenvalue weighted by Crippen LogP contribution is 2.28. The number of aromatic nitrogens is 3. The maximum absolute atomic E-state index is 12.9. The van der Waals surface area contributed by atoms with Gasteiger partial charge in [0.25, 0.3) is 5.91 Å². The molecular weight excluding hydrogens is 352 g/mol. The number of hydrogen-bond acceptors (Lipinski definition) is 4. The summed E-state index contributed by atoms with van der Waals surface area (Å²) in [6, 6.07) is 15.1. The van der Waals surface area contributed by atoms with Crippen LogP contribution in [0.2, 0.25) is 0 Å². The number of carbonyl (C=O) groups is 1. The number of carbonyl (C=O) groups excluding carboxylic acids is 1. The molecule has 1 aromatic carbocycles. The molecule has 0 radical (unpaired) electrons. The van der Waals surface area contributed by atoms with Gasteiger partial charge in [0.2, 0.25) is 0 Å². The minimum absolute atomic E-state index is 0.161. The van der Waals surface area contributed by atoms with E-state index in [1.165, 1.54) is 0 Å². The Morgan fingerprint density at radius 2 is 1.93 bits per heavy atom. The number of fused-ring (bicyclic) bond motifs is 1. The van der Waals surface area contributed by atoms with Crippen molar-refractivity contribution in [2.24, 2.45) is 0 Å².